The second-order valence-corrected chi connectivity index (χ2v) is 9.56. The van der Waals surface area contributed by atoms with Crippen LogP contribution in [0.25, 0.3) is 0 Å². The summed E-state index contributed by atoms with van der Waals surface area (Å²) in [5.74, 6) is 0. The van der Waals surface area contributed by atoms with Gasteiger partial charge in [0.15, 0.2) is 0 Å². The fraction of sp³-hybridized carbons (Fsp3) is 1.00. The molecule has 1 heteroatoms. The highest BCUT2D eigenvalue weighted by atomic mass is 31.1. The molecule has 0 saturated heterocycles. The van der Waals surface area contributed by atoms with E-state index in [9.17, 15) is 0 Å². The predicted octanol–water partition coefficient (Wildman–Crippen LogP) is 5.65. The first-order valence-electron chi connectivity index (χ1n) is 6.59. The van der Waals surface area contributed by atoms with Crippen molar-refractivity contribution in [2.45, 2.75) is 84.5 Å². The van der Waals surface area contributed by atoms with Crippen LogP contribution in [0.5, 0.6) is 0 Å². The van der Waals surface area contributed by atoms with Gasteiger partial charge in [-0.3, -0.25) is 0 Å². The van der Waals surface area contributed by atoms with Crippen molar-refractivity contribution in [1.29, 1.82) is 0 Å². The lowest BCUT2D eigenvalue weighted by molar-refractivity contribution is 0.599. The molecule has 0 spiro atoms. The minimum absolute atomic E-state index is 0.147. The Hall–Kier alpha value is 0.430. The normalized spacial score (nSPS) is 13.6. The van der Waals surface area contributed by atoms with Gasteiger partial charge in [0.2, 0.25) is 0 Å². The molecule has 0 aliphatic rings. The van der Waals surface area contributed by atoms with Gasteiger partial charge in [0.1, 0.15) is 0 Å². The topological polar surface area (TPSA) is 0 Å². The van der Waals surface area contributed by atoms with Gasteiger partial charge >= 0.3 is 0 Å². The Kier molecular flexibility index (Phi) is 6.41. The average molecular weight is 230 g/mol. The lowest BCUT2D eigenvalue weighted by Crippen LogP contribution is -2.30. The van der Waals surface area contributed by atoms with Gasteiger partial charge in [0.25, 0.3) is 0 Å². The third kappa shape index (κ3) is 4.43. The smallest absolute Gasteiger partial charge is 0.0149 e. The van der Waals surface area contributed by atoms with E-state index in [1.807, 2.05) is 0 Å². The van der Waals surface area contributed by atoms with E-state index in [0.717, 1.165) is 0 Å². The Labute approximate surface area is 99.0 Å². The molecule has 0 aromatic rings. The maximum Gasteiger partial charge on any atom is -0.0149 e. The maximum atomic E-state index is 2.48. The molecule has 92 valence electrons. The summed E-state index contributed by atoms with van der Waals surface area (Å²) in [6.07, 6.45) is 6.88. The quantitative estimate of drug-likeness (QED) is 0.496. The van der Waals surface area contributed by atoms with Crippen LogP contribution in [0.4, 0.5) is 0 Å². The Morgan fingerprint density at radius 3 is 1.47 bits per heavy atom. The molecule has 0 rings (SSSR count). The summed E-state index contributed by atoms with van der Waals surface area (Å²) >= 11 is 0. The van der Waals surface area contributed by atoms with E-state index in [1.165, 1.54) is 31.8 Å². The van der Waals surface area contributed by atoms with E-state index in [-0.39, 0.29) is 7.92 Å². The molecular formula is C14H31P. The molecule has 0 fully saturated rings. The summed E-state index contributed by atoms with van der Waals surface area (Å²) in [6.45, 7) is 16.9. The summed E-state index contributed by atoms with van der Waals surface area (Å²) in [5.41, 5.74) is 0. The molecule has 0 aliphatic carbocycles. The lowest BCUT2D eigenvalue weighted by atomic mass is 10.1. The summed E-state index contributed by atoms with van der Waals surface area (Å²) in [6, 6.07) is 0. The maximum absolute atomic E-state index is 2.48. The molecule has 0 unspecified atom stereocenters. The van der Waals surface area contributed by atoms with Gasteiger partial charge in [-0.15, -0.1) is 0 Å². The largest absolute Gasteiger partial charge is 0.0951 e. The van der Waals surface area contributed by atoms with Crippen molar-refractivity contribution in [3.63, 3.8) is 0 Å². The van der Waals surface area contributed by atoms with Crippen LogP contribution >= 0.6 is 7.92 Å². The molecule has 0 atom stereocenters. The molecular weight excluding hydrogens is 199 g/mol. The number of hydrogen-bond acceptors (Lipinski definition) is 0. The molecule has 0 saturated carbocycles. The van der Waals surface area contributed by atoms with Crippen molar-refractivity contribution < 1.29 is 0 Å². The average Bonchev–Trinajstić information content (AvgIpc) is 2.18. The van der Waals surface area contributed by atoms with Gasteiger partial charge in [-0.25, -0.2) is 0 Å². The fourth-order valence-corrected chi connectivity index (χ4v) is 6.37. The summed E-state index contributed by atoms with van der Waals surface area (Å²) in [5, 5.41) is 1.12. The molecule has 0 radical (unpaired) electrons. The van der Waals surface area contributed by atoms with Crippen molar-refractivity contribution >= 4 is 7.92 Å². The molecule has 15 heavy (non-hydrogen) atoms. The van der Waals surface area contributed by atoms with E-state index in [1.54, 1.807) is 0 Å². The number of unbranched alkanes of at least 4 members (excludes halogenated alkanes) is 1. The Morgan fingerprint density at radius 2 is 1.20 bits per heavy atom. The first-order chi connectivity index (χ1) is 6.81. The predicted molar refractivity (Wildman–Crippen MR) is 75.4 cm³/mol. The second-order valence-electron chi connectivity index (χ2n) is 5.84. The van der Waals surface area contributed by atoms with Crippen molar-refractivity contribution in [1.82, 2.24) is 0 Å². The second kappa shape index (κ2) is 6.24. The summed E-state index contributed by atoms with van der Waals surface area (Å²) in [7, 11) is 0.147. The minimum Gasteiger partial charge on any atom is -0.0951 e. The van der Waals surface area contributed by atoms with Crippen LogP contribution in [-0.2, 0) is 0 Å². The first-order valence-corrected chi connectivity index (χ1v) is 8.12. The first kappa shape index (κ1) is 15.4. The molecule has 0 N–H and O–H groups in total. The van der Waals surface area contributed by atoms with Crippen molar-refractivity contribution in [2.75, 3.05) is 6.16 Å². The van der Waals surface area contributed by atoms with E-state index in [2.05, 4.69) is 48.5 Å². The highest BCUT2D eigenvalue weighted by molar-refractivity contribution is 7.60. The van der Waals surface area contributed by atoms with E-state index >= 15 is 0 Å². The van der Waals surface area contributed by atoms with Gasteiger partial charge in [0.05, 0.1) is 0 Å². The SMILES string of the molecule is CCCCP(C(C)(C)CC)C(C)(C)CC. The fourth-order valence-electron chi connectivity index (χ4n) is 2.12. The third-order valence-electron chi connectivity index (χ3n) is 3.93. The van der Waals surface area contributed by atoms with Crippen LogP contribution in [0.2, 0.25) is 0 Å². The molecule has 0 heterocycles. The van der Waals surface area contributed by atoms with Crippen LogP contribution in [0, 0.1) is 0 Å². The monoisotopic (exact) mass is 230 g/mol. The molecule has 0 aromatic carbocycles. The van der Waals surface area contributed by atoms with E-state index in [0.29, 0.717) is 10.3 Å². The number of rotatable bonds is 7. The van der Waals surface area contributed by atoms with E-state index < -0.39 is 0 Å². The van der Waals surface area contributed by atoms with Gasteiger partial charge in [-0.2, -0.15) is 0 Å². The van der Waals surface area contributed by atoms with Crippen LogP contribution in [-0.4, -0.2) is 16.5 Å². The van der Waals surface area contributed by atoms with Crippen LogP contribution in [0.3, 0.4) is 0 Å². The molecule has 0 aromatic heterocycles. The molecule has 0 bridgehead atoms. The van der Waals surface area contributed by atoms with Crippen molar-refractivity contribution in [3.8, 4) is 0 Å². The van der Waals surface area contributed by atoms with Crippen molar-refractivity contribution in [2.24, 2.45) is 0 Å². The minimum atomic E-state index is 0.147. The van der Waals surface area contributed by atoms with Gasteiger partial charge in [0, 0.05) is 0 Å². The standard InChI is InChI=1S/C14H31P/c1-8-11-12-15(13(4,5)9-2)14(6,7)10-3/h8-12H2,1-7H3. The summed E-state index contributed by atoms with van der Waals surface area (Å²) in [4.78, 5) is 0. The zero-order valence-electron chi connectivity index (χ0n) is 12.0. The van der Waals surface area contributed by atoms with Crippen molar-refractivity contribution in [3.05, 3.63) is 0 Å². The zero-order valence-corrected chi connectivity index (χ0v) is 12.9. The zero-order chi connectivity index (χ0) is 12.1. The molecule has 0 amide bonds. The number of hydrogen-bond donors (Lipinski definition) is 0. The summed E-state index contributed by atoms with van der Waals surface area (Å²) < 4.78 is 0. The Balaban J connectivity index is 4.72. The highest BCUT2D eigenvalue weighted by Crippen LogP contribution is 2.62. The molecule has 0 nitrogen and oxygen atoms in total. The Bertz CT molecular complexity index is 154. The van der Waals surface area contributed by atoms with Gasteiger partial charge < -0.3 is 0 Å². The van der Waals surface area contributed by atoms with Crippen LogP contribution < -0.4 is 0 Å². The van der Waals surface area contributed by atoms with Crippen LogP contribution in [0.15, 0.2) is 0 Å². The van der Waals surface area contributed by atoms with Gasteiger partial charge in [-0.1, -0.05) is 62.8 Å². The van der Waals surface area contributed by atoms with Crippen LogP contribution in [0.1, 0.15) is 74.1 Å². The third-order valence-corrected chi connectivity index (χ3v) is 8.25. The molecule has 0 aliphatic heterocycles. The lowest BCUT2D eigenvalue weighted by Gasteiger charge is -2.45. The van der Waals surface area contributed by atoms with E-state index in [4.69, 9.17) is 0 Å². The Morgan fingerprint density at radius 1 is 0.800 bits per heavy atom. The highest BCUT2D eigenvalue weighted by Gasteiger charge is 2.37. The van der Waals surface area contributed by atoms with Gasteiger partial charge in [-0.05, 0) is 35.7 Å².